The largest absolute Gasteiger partial charge is 0.378 e. The van der Waals surface area contributed by atoms with Crippen LogP contribution in [-0.4, -0.2) is 44.9 Å². The zero-order valence-corrected chi connectivity index (χ0v) is 10.1. The molecule has 16 heavy (non-hydrogen) atoms. The smallest absolute Gasteiger partial charge is 0.250 e. The van der Waals surface area contributed by atoms with Crippen molar-refractivity contribution in [2.45, 2.75) is 32.0 Å². The molecule has 0 aromatic rings. The quantitative estimate of drug-likeness (QED) is 0.668. The van der Waals surface area contributed by atoms with Crippen LogP contribution in [0.1, 0.15) is 19.8 Å². The monoisotopic (exact) mass is 230 g/mol. The highest BCUT2D eigenvalue weighted by molar-refractivity contribution is 5.80. The molecule has 3 unspecified atom stereocenters. The minimum absolute atomic E-state index is 0.133. The molecule has 0 saturated carbocycles. The van der Waals surface area contributed by atoms with E-state index in [1.165, 1.54) is 7.11 Å². The lowest BCUT2D eigenvalue weighted by atomic mass is 9.99. The third-order valence-electron chi connectivity index (χ3n) is 3.08. The number of nitrogens with two attached hydrogens (primary N) is 1. The number of amides is 1. The molecule has 3 atom stereocenters. The maximum Gasteiger partial charge on any atom is 0.250 e. The van der Waals surface area contributed by atoms with E-state index in [0.717, 1.165) is 19.4 Å². The van der Waals surface area contributed by atoms with Crippen LogP contribution in [0.2, 0.25) is 0 Å². The van der Waals surface area contributed by atoms with Gasteiger partial charge in [-0.05, 0) is 12.8 Å². The fourth-order valence-electron chi connectivity index (χ4n) is 2.03. The second kappa shape index (κ2) is 6.83. The fraction of sp³-hybridized carbons (Fsp3) is 0.909. The zero-order valence-electron chi connectivity index (χ0n) is 10.1. The van der Waals surface area contributed by atoms with E-state index in [1.807, 2.05) is 0 Å². The summed E-state index contributed by atoms with van der Waals surface area (Å²) in [7, 11) is 1.49. The number of carbonyl (C=O) groups is 1. The summed E-state index contributed by atoms with van der Waals surface area (Å²) in [6, 6.07) is 0. The van der Waals surface area contributed by atoms with E-state index in [4.69, 9.17) is 15.2 Å². The lowest BCUT2D eigenvalue weighted by molar-refractivity contribution is -0.130. The summed E-state index contributed by atoms with van der Waals surface area (Å²) < 4.78 is 10.5. The molecule has 94 valence electrons. The Morgan fingerprint density at radius 1 is 1.69 bits per heavy atom. The lowest BCUT2D eigenvalue weighted by Gasteiger charge is -2.19. The van der Waals surface area contributed by atoms with Crippen LogP contribution in [0.25, 0.3) is 0 Å². The predicted molar refractivity (Wildman–Crippen MR) is 61.0 cm³/mol. The molecule has 3 N–H and O–H groups in total. The summed E-state index contributed by atoms with van der Waals surface area (Å²) in [6.45, 7) is 3.75. The third kappa shape index (κ3) is 3.43. The molecular weight excluding hydrogens is 208 g/mol. The van der Waals surface area contributed by atoms with E-state index < -0.39 is 6.10 Å². The van der Waals surface area contributed by atoms with Crippen molar-refractivity contribution in [2.75, 3.05) is 26.8 Å². The van der Waals surface area contributed by atoms with Crippen molar-refractivity contribution in [2.24, 2.45) is 11.7 Å². The minimum Gasteiger partial charge on any atom is -0.378 e. The molecule has 1 heterocycles. The molecule has 0 aromatic carbocycles. The average molecular weight is 230 g/mol. The molecule has 0 spiro atoms. The predicted octanol–water partition coefficient (Wildman–Crippen LogP) is -0.109. The lowest BCUT2D eigenvalue weighted by Crippen LogP contribution is -2.43. The van der Waals surface area contributed by atoms with E-state index in [1.54, 1.807) is 0 Å². The second-order valence-corrected chi connectivity index (χ2v) is 4.07. The first-order chi connectivity index (χ1) is 7.72. The molecule has 5 heteroatoms. The first-order valence-electron chi connectivity index (χ1n) is 5.85. The van der Waals surface area contributed by atoms with Gasteiger partial charge in [0.1, 0.15) is 6.10 Å². The van der Waals surface area contributed by atoms with Gasteiger partial charge in [0.15, 0.2) is 0 Å². The van der Waals surface area contributed by atoms with Crippen molar-refractivity contribution < 1.29 is 14.3 Å². The highest BCUT2D eigenvalue weighted by atomic mass is 16.5. The molecule has 1 rings (SSSR count). The van der Waals surface area contributed by atoms with Gasteiger partial charge in [-0.3, -0.25) is 4.79 Å². The fourth-order valence-corrected chi connectivity index (χ4v) is 2.03. The number of hydrogen-bond donors (Lipinski definition) is 2. The first-order valence-corrected chi connectivity index (χ1v) is 5.85. The van der Waals surface area contributed by atoms with Crippen LogP contribution in [0.3, 0.4) is 0 Å². The SMILES string of the molecule is CCC1OCCC1CNC(=O)C(CN)OC. The Hall–Kier alpha value is -0.650. The zero-order chi connectivity index (χ0) is 12.0. The Bertz CT molecular complexity index is 219. The van der Waals surface area contributed by atoms with Crippen molar-refractivity contribution in [1.29, 1.82) is 0 Å². The van der Waals surface area contributed by atoms with Gasteiger partial charge in [-0.1, -0.05) is 6.92 Å². The Morgan fingerprint density at radius 2 is 2.44 bits per heavy atom. The highest BCUT2D eigenvalue weighted by Gasteiger charge is 2.27. The van der Waals surface area contributed by atoms with Crippen molar-refractivity contribution in [3.63, 3.8) is 0 Å². The molecule has 1 saturated heterocycles. The van der Waals surface area contributed by atoms with Gasteiger partial charge < -0.3 is 20.5 Å². The maximum absolute atomic E-state index is 11.6. The van der Waals surface area contributed by atoms with Crippen LogP contribution in [0.5, 0.6) is 0 Å². The van der Waals surface area contributed by atoms with E-state index in [0.29, 0.717) is 12.5 Å². The van der Waals surface area contributed by atoms with E-state index in [9.17, 15) is 4.79 Å². The standard InChI is InChI=1S/C11H22N2O3/c1-3-9-8(4-5-16-9)7-13-11(14)10(6-12)15-2/h8-10H,3-7,12H2,1-2H3,(H,13,14). The summed E-state index contributed by atoms with van der Waals surface area (Å²) in [6.07, 6.45) is 1.74. The topological polar surface area (TPSA) is 73.6 Å². The molecule has 1 aliphatic rings. The van der Waals surface area contributed by atoms with Gasteiger partial charge in [-0.15, -0.1) is 0 Å². The number of ether oxygens (including phenoxy) is 2. The molecule has 0 radical (unpaired) electrons. The molecule has 0 aliphatic carbocycles. The normalized spacial score (nSPS) is 26.7. The van der Waals surface area contributed by atoms with Crippen LogP contribution in [-0.2, 0) is 14.3 Å². The Kier molecular flexibility index (Phi) is 5.73. The van der Waals surface area contributed by atoms with Crippen LogP contribution in [0.4, 0.5) is 0 Å². The van der Waals surface area contributed by atoms with Gasteiger partial charge in [-0.2, -0.15) is 0 Å². The highest BCUT2D eigenvalue weighted by Crippen LogP contribution is 2.22. The number of carbonyl (C=O) groups excluding carboxylic acids is 1. The summed E-state index contributed by atoms with van der Waals surface area (Å²) in [5.74, 6) is 0.288. The van der Waals surface area contributed by atoms with Crippen molar-refractivity contribution in [3.8, 4) is 0 Å². The molecular formula is C11H22N2O3. The van der Waals surface area contributed by atoms with Gasteiger partial charge in [0.25, 0.3) is 0 Å². The number of rotatable bonds is 6. The Balaban J connectivity index is 2.30. The summed E-state index contributed by atoms with van der Waals surface area (Å²) in [5, 5.41) is 2.87. The number of hydrogen-bond acceptors (Lipinski definition) is 4. The molecule has 1 aliphatic heterocycles. The number of nitrogens with one attached hydrogen (secondary N) is 1. The van der Waals surface area contributed by atoms with Gasteiger partial charge in [0.05, 0.1) is 6.10 Å². The summed E-state index contributed by atoms with van der Waals surface area (Å²) in [5.41, 5.74) is 5.41. The maximum atomic E-state index is 11.6. The van der Waals surface area contributed by atoms with Crippen LogP contribution < -0.4 is 11.1 Å². The minimum atomic E-state index is -0.539. The van der Waals surface area contributed by atoms with Crippen LogP contribution in [0, 0.1) is 5.92 Å². The van der Waals surface area contributed by atoms with Gasteiger partial charge >= 0.3 is 0 Å². The number of methoxy groups -OCH3 is 1. The Labute approximate surface area is 96.7 Å². The molecule has 1 fully saturated rings. The summed E-state index contributed by atoms with van der Waals surface area (Å²) in [4.78, 5) is 11.6. The third-order valence-corrected chi connectivity index (χ3v) is 3.08. The van der Waals surface area contributed by atoms with Crippen LogP contribution >= 0.6 is 0 Å². The molecule has 0 bridgehead atoms. The van der Waals surface area contributed by atoms with E-state index >= 15 is 0 Å². The molecule has 5 nitrogen and oxygen atoms in total. The first kappa shape index (κ1) is 13.4. The van der Waals surface area contributed by atoms with Gasteiger partial charge in [0, 0.05) is 32.7 Å². The average Bonchev–Trinajstić information content (AvgIpc) is 2.75. The van der Waals surface area contributed by atoms with E-state index in [2.05, 4.69) is 12.2 Å². The van der Waals surface area contributed by atoms with Gasteiger partial charge in [-0.25, -0.2) is 0 Å². The Morgan fingerprint density at radius 3 is 3.00 bits per heavy atom. The second-order valence-electron chi connectivity index (χ2n) is 4.07. The van der Waals surface area contributed by atoms with E-state index in [-0.39, 0.29) is 18.6 Å². The molecule has 1 amide bonds. The van der Waals surface area contributed by atoms with Crippen molar-refractivity contribution in [3.05, 3.63) is 0 Å². The molecule has 0 aromatic heterocycles. The van der Waals surface area contributed by atoms with Gasteiger partial charge in [0.2, 0.25) is 5.91 Å². The summed E-state index contributed by atoms with van der Waals surface area (Å²) >= 11 is 0. The van der Waals surface area contributed by atoms with Crippen LogP contribution in [0.15, 0.2) is 0 Å². The van der Waals surface area contributed by atoms with Crippen molar-refractivity contribution in [1.82, 2.24) is 5.32 Å². The van der Waals surface area contributed by atoms with Crippen molar-refractivity contribution >= 4 is 5.91 Å².